The summed E-state index contributed by atoms with van der Waals surface area (Å²) in [5, 5.41) is 7.25. The summed E-state index contributed by atoms with van der Waals surface area (Å²) < 4.78 is 0. The standard InChI is InChI=1S/2C19H16N2.Ir/c2*1-3-9-15(10-4-1)19-20-17-13-7-8-14-18(17)21(19)16-11-5-2-6-12-16;/h2*1-14,19-20H;. The van der Waals surface area contributed by atoms with E-state index in [9.17, 15) is 0 Å². The minimum Gasteiger partial charge on any atom is -0.359 e. The van der Waals surface area contributed by atoms with Crippen LogP contribution in [-0.4, -0.2) is 0 Å². The van der Waals surface area contributed by atoms with Gasteiger partial charge in [-0.25, -0.2) is 0 Å². The average Bonchev–Trinajstić information content (AvgIpc) is 3.66. The van der Waals surface area contributed by atoms with Crippen LogP contribution in [0, 0.1) is 0 Å². The van der Waals surface area contributed by atoms with E-state index in [4.69, 9.17) is 0 Å². The summed E-state index contributed by atoms with van der Waals surface area (Å²) in [6, 6.07) is 59.1. The molecule has 0 saturated heterocycles. The number of nitrogens with zero attached hydrogens (tertiary/aromatic N) is 2. The van der Waals surface area contributed by atoms with E-state index in [-0.39, 0.29) is 32.4 Å². The molecule has 6 aromatic carbocycles. The monoisotopic (exact) mass is 737 g/mol. The molecule has 2 atom stereocenters. The summed E-state index contributed by atoms with van der Waals surface area (Å²) in [6.07, 6.45) is 0.261. The van der Waals surface area contributed by atoms with Gasteiger partial charge in [0.25, 0.3) is 0 Å². The maximum atomic E-state index is 3.63. The van der Waals surface area contributed by atoms with Crippen LogP contribution in [0.5, 0.6) is 0 Å². The fourth-order valence-electron chi connectivity index (χ4n) is 5.80. The molecule has 4 nitrogen and oxygen atoms in total. The van der Waals surface area contributed by atoms with Crippen LogP contribution >= 0.6 is 0 Å². The molecular weight excluding hydrogens is 705 g/mol. The predicted molar refractivity (Wildman–Crippen MR) is 176 cm³/mol. The minimum absolute atomic E-state index is 0. The molecule has 0 saturated carbocycles. The van der Waals surface area contributed by atoms with Crippen molar-refractivity contribution in [2.45, 2.75) is 12.3 Å². The van der Waals surface area contributed by atoms with Gasteiger partial charge in [-0.15, -0.1) is 0 Å². The number of benzene rings is 6. The van der Waals surface area contributed by atoms with Gasteiger partial charge in [0.15, 0.2) is 0 Å². The van der Waals surface area contributed by atoms with Crippen molar-refractivity contribution in [1.29, 1.82) is 0 Å². The first-order valence-corrected chi connectivity index (χ1v) is 14.4. The van der Waals surface area contributed by atoms with Crippen molar-refractivity contribution < 1.29 is 20.1 Å². The molecule has 6 aromatic rings. The maximum Gasteiger partial charge on any atom is 0.130 e. The van der Waals surface area contributed by atoms with Crippen LogP contribution in [-0.2, 0) is 20.1 Å². The molecule has 0 spiro atoms. The summed E-state index contributed by atoms with van der Waals surface area (Å²) in [7, 11) is 0. The normalized spacial score (nSPS) is 16.0. The van der Waals surface area contributed by atoms with Gasteiger partial charge >= 0.3 is 0 Å². The number of hydrogen-bond donors (Lipinski definition) is 2. The van der Waals surface area contributed by atoms with E-state index in [0.717, 1.165) is 0 Å². The van der Waals surface area contributed by atoms with Crippen molar-refractivity contribution in [3.8, 4) is 0 Å². The molecule has 0 bridgehead atoms. The fraction of sp³-hybridized carbons (Fsp3) is 0.0526. The molecule has 5 heteroatoms. The summed E-state index contributed by atoms with van der Waals surface area (Å²) in [6.45, 7) is 0. The molecule has 0 aliphatic carbocycles. The number of anilines is 6. The molecule has 0 fully saturated rings. The molecular formula is C38H32IrN4. The second-order valence-electron chi connectivity index (χ2n) is 10.4. The Hall–Kier alpha value is -4.83. The SMILES string of the molecule is [Ir].c1ccc(C2Nc3ccccc3N2c2ccccc2)cc1.c1ccc(C2Nc3ccccc3N2c2ccccc2)cc1. The fourth-order valence-corrected chi connectivity index (χ4v) is 5.80. The van der Waals surface area contributed by atoms with Crippen LogP contribution in [0.25, 0.3) is 0 Å². The molecule has 2 aliphatic heterocycles. The molecule has 1 radical (unpaired) electrons. The number of para-hydroxylation sites is 6. The van der Waals surface area contributed by atoms with Gasteiger partial charge in [-0.3, -0.25) is 0 Å². The first-order chi connectivity index (χ1) is 20.9. The van der Waals surface area contributed by atoms with Crippen molar-refractivity contribution in [3.05, 3.63) is 181 Å². The molecule has 2 N–H and O–H groups in total. The van der Waals surface area contributed by atoms with E-state index in [0.29, 0.717) is 0 Å². The number of fused-ring (bicyclic) bond motifs is 2. The van der Waals surface area contributed by atoms with Gasteiger partial charge in [-0.05, 0) is 59.7 Å². The minimum atomic E-state index is 0. The molecule has 0 amide bonds. The van der Waals surface area contributed by atoms with Crippen LogP contribution in [0.3, 0.4) is 0 Å². The zero-order chi connectivity index (χ0) is 28.1. The van der Waals surface area contributed by atoms with E-state index in [1.807, 2.05) is 0 Å². The van der Waals surface area contributed by atoms with Crippen molar-refractivity contribution in [2.24, 2.45) is 0 Å². The average molecular weight is 737 g/mol. The number of rotatable bonds is 4. The Labute approximate surface area is 267 Å². The first-order valence-electron chi connectivity index (χ1n) is 14.4. The first kappa shape index (κ1) is 28.3. The second-order valence-corrected chi connectivity index (χ2v) is 10.4. The van der Waals surface area contributed by atoms with Gasteiger partial charge in [-0.1, -0.05) is 121 Å². The zero-order valence-corrected chi connectivity index (χ0v) is 25.9. The molecule has 2 aliphatic rings. The van der Waals surface area contributed by atoms with E-state index >= 15 is 0 Å². The van der Waals surface area contributed by atoms with Crippen LogP contribution in [0.2, 0.25) is 0 Å². The van der Waals surface area contributed by atoms with Gasteiger partial charge in [0, 0.05) is 31.5 Å². The Morgan fingerprint density at radius 3 is 1.02 bits per heavy atom. The quantitative estimate of drug-likeness (QED) is 0.189. The van der Waals surface area contributed by atoms with E-state index in [1.54, 1.807) is 0 Å². The third-order valence-corrected chi connectivity index (χ3v) is 7.73. The summed E-state index contributed by atoms with van der Waals surface area (Å²) >= 11 is 0. The smallest absolute Gasteiger partial charge is 0.130 e. The maximum absolute atomic E-state index is 3.63. The number of nitrogens with one attached hydrogen (secondary N) is 2. The van der Waals surface area contributed by atoms with Crippen LogP contribution in [0.15, 0.2) is 170 Å². The Morgan fingerprint density at radius 2 is 0.651 bits per heavy atom. The van der Waals surface area contributed by atoms with Crippen molar-refractivity contribution in [3.63, 3.8) is 0 Å². The van der Waals surface area contributed by atoms with Gasteiger partial charge in [0.1, 0.15) is 12.3 Å². The van der Waals surface area contributed by atoms with Crippen molar-refractivity contribution >= 4 is 34.1 Å². The largest absolute Gasteiger partial charge is 0.359 e. The summed E-state index contributed by atoms with van der Waals surface area (Å²) in [5.41, 5.74) is 9.71. The second kappa shape index (κ2) is 13.0. The topological polar surface area (TPSA) is 30.5 Å². The van der Waals surface area contributed by atoms with E-state index in [2.05, 4.69) is 190 Å². The third kappa shape index (κ3) is 5.78. The van der Waals surface area contributed by atoms with E-state index in [1.165, 1.54) is 45.3 Å². The Kier molecular flexibility index (Phi) is 8.55. The van der Waals surface area contributed by atoms with Gasteiger partial charge in [0.05, 0.1) is 22.7 Å². The molecule has 8 rings (SSSR count). The van der Waals surface area contributed by atoms with Gasteiger partial charge in [0.2, 0.25) is 0 Å². The van der Waals surface area contributed by atoms with Crippen LogP contribution in [0.4, 0.5) is 34.1 Å². The molecule has 213 valence electrons. The van der Waals surface area contributed by atoms with Crippen LogP contribution in [0.1, 0.15) is 23.5 Å². The molecule has 2 unspecified atom stereocenters. The van der Waals surface area contributed by atoms with Crippen LogP contribution < -0.4 is 20.4 Å². The summed E-state index contributed by atoms with van der Waals surface area (Å²) in [5.74, 6) is 0. The number of hydrogen-bond acceptors (Lipinski definition) is 4. The zero-order valence-electron chi connectivity index (χ0n) is 23.5. The molecule has 0 aromatic heterocycles. The Morgan fingerprint density at radius 1 is 0.349 bits per heavy atom. The molecule has 43 heavy (non-hydrogen) atoms. The Balaban J connectivity index is 0.000000150. The van der Waals surface area contributed by atoms with Gasteiger partial charge in [-0.2, -0.15) is 0 Å². The van der Waals surface area contributed by atoms with Crippen molar-refractivity contribution in [2.75, 3.05) is 20.4 Å². The predicted octanol–water partition coefficient (Wildman–Crippen LogP) is 9.90. The van der Waals surface area contributed by atoms with Gasteiger partial charge < -0.3 is 20.4 Å². The van der Waals surface area contributed by atoms with Crippen molar-refractivity contribution in [1.82, 2.24) is 0 Å². The summed E-state index contributed by atoms with van der Waals surface area (Å²) in [4.78, 5) is 4.70. The molecule has 2 heterocycles. The third-order valence-electron chi connectivity index (χ3n) is 7.73. The Bertz CT molecular complexity index is 1610. The van der Waals surface area contributed by atoms with E-state index < -0.39 is 0 Å².